The van der Waals surface area contributed by atoms with Gasteiger partial charge in [0.05, 0.1) is 66.1 Å². The number of imidazole rings is 1. The molecule has 0 saturated heterocycles. The van der Waals surface area contributed by atoms with Crippen molar-refractivity contribution < 1.29 is 38.7 Å². The van der Waals surface area contributed by atoms with Gasteiger partial charge in [0.25, 0.3) is 5.56 Å². The summed E-state index contributed by atoms with van der Waals surface area (Å²) in [7, 11) is 3.48. The van der Waals surface area contributed by atoms with E-state index in [4.69, 9.17) is 38.9 Å². The molecule has 2 N–H and O–H groups in total. The molecule has 5 rings (SSSR count). The molecular weight excluding hydrogens is 696 g/mol. The van der Waals surface area contributed by atoms with Crippen molar-refractivity contribution in [3.8, 4) is 11.4 Å². The van der Waals surface area contributed by atoms with Gasteiger partial charge in [-0.3, -0.25) is 13.9 Å². The second-order valence-electron chi connectivity index (χ2n) is 13.9. The fourth-order valence-corrected chi connectivity index (χ4v) is 7.08. The Bertz CT molecular complexity index is 1670. The molecule has 14 heteroatoms. The number of carboxylic acid groups (broad SMARTS) is 1. The largest absolute Gasteiger partial charge is 0.478 e. The van der Waals surface area contributed by atoms with Crippen molar-refractivity contribution in [1.29, 1.82) is 0 Å². The number of carboxylic acids is 1. The average molecular weight is 757 g/mol. The molecule has 54 heavy (non-hydrogen) atoms. The molecule has 300 valence electrons. The topological polar surface area (TPSA) is 166 Å². The van der Waals surface area contributed by atoms with E-state index >= 15 is 0 Å². The van der Waals surface area contributed by atoms with E-state index in [2.05, 4.69) is 0 Å². The zero-order valence-electron chi connectivity index (χ0n) is 32.1. The van der Waals surface area contributed by atoms with Crippen LogP contribution in [0.3, 0.4) is 0 Å². The van der Waals surface area contributed by atoms with Gasteiger partial charge in [-0.05, 0) is 49.2 Å². The molecular formula is C40H60N4O10. The Kier molecular flexibility index (Phi) is 19.1. The summed E-state index contributed by atoms with van der Waals surface area (Å²) >= 11 is 0. The highest BCUT2D eigenvalue weighted by molar-refractivity contribution is 5.85. The van der Waals surface area contributed by atoms with Crippen LogP contribution in [0.25, 0.3) is 28.6 Å². The fraction of sp³-hybridized carbons (Fsp3) is 0.650. The SMILES string of the molecule is COCCOCCOCCOCCOCCO.Cn1c(-c2ccc(/C=C/C(=O)O)cc2)nc2c1c(=O)n(CC1CCCCC1)c(=O)n2CC1CCCCC1. The lowest BCUT2D eigenvalue weighted by Gasteiger charge is -2.24. The van der Waals surface area contributed by atoms with E-state index in [1.807, 2.05) is 35.9 Å². The first-order chi connectivity index (χ1) is 26.3. The van der Waals surface area contributed by atoms with Crippen molar-refractivity contribution in [1.82, 2.24) is 18.7 Å². The van der Waals surface area contributed by atoms with Gasteiger partial charge < -0.3 is 38.5 Å². The van der Waals surface area contributed by atoms with Crippen molar-refractivity contribution in [3.63, 3.8) is 0 Å². The summed E-state index contributed by atoms with van der Waals surface area (Å²) in [5.74, 6) is 0.396. The van der Waals surface area contributed by atoms with Gasteiger partial charge in [0.2, 0.25) is 0 Å². The van der Waals surface area contributed by atoms with Gasteiger partial charge in [0.15, 0.2) is 11.2 Å². The number of rotatable bonds is 21. The predicted molar refractivity (Wildman–Crippen MR) is 207 cm³/mol. The van der Waals surface area contributed by atoms with E-state index in [1.165, 1.54) is 36.3 Å². The number of aliphatic carboxylic acids is 1. The van der Waals surface area contributed by atoms with Crippen LogP contribution in [0.1, 0.15) is 69.8 Å². The van der Waals surface area contributed by atoms with Gasteiger partial charge in [-0.15, -0.1) is 0 Å². The number of methoxy groups -OCH3 is 1. The van der Waals surface area contributed by atoms with E-state index in [0.717, 1.165) is 55.7 Å². The second kappa shape index (κ2) is 24.0. The molecule has 0 atom stereocenters. The molecule has 1 aromatic carbocycles. The molecule has 0 radical (unpaired) electrons. The van der Waals surface area contributed by atoms with Crippen molar-refractivity contribution >= 4 is 23.2 Å². The molecule has 14 nitrogen and oxygen atoms in total. The number of hydrogen-bond acceptors (Lipinski definition) is 10. The Hall–Kier alpha value is -3.66. The van der Waals surface area contributed by atoms with Gasteiger partial charge in [-0.25, -0.2) is 14.6 Å². The Labute approximate surface area is 317 Å². The quantitative estimate of drug-likeness (QED) is 0.116. The Morgan fingerprint density at radius 3 is 1.76 bits per heavy atom. The fourth-order valence-electron chi connectivity index (χ4n) is 7.08. The number of aliphatic hydroxyl groups excluding tert-OH is 1. The summed E-state index contributed by atoms with van der Waals surface area (Å²) in [5, 5.41) is 17.3. The third-order valence-electron chi connectivity index (χ3n) is 9.94. The molecule has 0 aliphatic heterocycles. The Morgan fingerprint density at radius 2 is 1.26 bits per heavy atom. The first-order valence-corrected chi connectivity index (χ1v) is 19.5. The number of ether oxygens (including phenoxy) is 5. The van der Waals surface area contributed by atoms with Crippen LogP contribution in [0.5, 0.6) is 0 Å². The van der Waals surface area contributed by atoms with Gasteiger partial charge in [0.1, 0.15) is 5.82 Å². The van der Waals surface area contributed by atoms with Gasteiger partial charge in [-0.2, -0.15) is 0 Å². The zero-order valence-corrected chi connectivity index (χ0v) is 32.1. The van der Waals surface area contributed by atoms with Crippen LogP contribution in [-0.4, -0.2) is 108 Å². The first kappa shape index (κ1) is 43.1. The molecule has 2 fully saturated rings. The van der Waals surface area contributed by atoms with Crippen molar-refractivity contribution in [2.24, 2.45) is 18.9 Å². The minimum absolute atomic E-state index is 0.0478. The Morgan fingerprint density at radius 1 is 0.759 bits per heavy atom. The molecule has 2 aliphatic rings. The standard InChI is InChI=1S/C29H36N4O4.C11H24O6/c1-31-25-27(30-26(31)23-15-12-20(13-16-23)14-17-24(34)35)32(18-21-8-4-2-5-9-21)29(37)33(28(25)36)19-22-10-6-3-7-11-22;1-13-4-5-15-8-9-17-11-10-16-7-6-14-3-2-12/h12-17,21-22H,2-11,18-19H2,1H3,(H,34,35);12H,2-11H2,1H3/b17-14+;. The van der Waals surface area contributed by atoms with Crippen LogP contribution in [0.4, 0.5) is 0 Å². The van der Waals surface area contributed by atoms with Crippen LogP contribution >= 0.6 is 0 Å². The lowest BCUT2D eigenvalue weighted by molar-refractivity contribution is -0.131. The summed E-state index contributed by atoms with van der Waals surface area (Å²) in [5.41, 5.74) is 2.01. The second-order valence-corrected chi connectivity index (χ2v) is 13.9. The number of benzene rings is 1. The maximum atomic E-state index is 13.8. The number of aromatic nitrogens is 4. The van der Waals surface area contributed by atoms with E-state index in [-0.39, 0.29) is 17.9 Å². The molecule has 0 bridgehead atoms. The monoisotopic (exact) mass is 756 g/mol. The average Bonchev–Trinajstić information content (AvgIpc) is 3.54. The van der Waals surface area contributed by atoms with E-state index in [1.54, 1.807) is 11.7 Å². The van der Waals surface area contributed by atoms with E-state index in [9.17, 15) is 14.4 Å². The van der Waals surface area contributed by atoms with Crippen LogP contribution in [0.2, 0.25) is 0 Å². The zero-order chi connectivity index (χ0) is 38.5. The maximum absolute atomic E-state index is 13.8. The highest BCUT2D eigenvalue weighted by atomic mass is 16.6. The van der Waals surface area contributed by atoms with Crippen LogP contribution in [0, 0.1) is 11.8 Å². The third-order valence-corrected chi connectivity index (χ3v) is 9.94. The number of carbonyl (C=O) groups is 1. The molecule has 0 spiro atoms. The number of aryl methyl sites for hydroxylation is 1. The van der Waals surface area contributed by atoms with Gasteiger partial charge in [0, 0.05) is 38.9 Å². The predicted octanol–water partition coefficient (Wildman–Crippen LogP) is 4.51. The number of hydrogen-bond donors (Lipinski definition) is 2. The van der Waals surface area contributed by atoms with Crippen LogP contribution in [0.15, 0.2) is 39.9 Å². The summed E-state index contributed by atoms with van der Waals surface area (Å²) in [6, 6.07) is 7.38. The summed E-state index contributed by atoms with van der Waals surface area (Å²) in [4.78, 5) is 43.3. The number of nitrogens with zero attached hydrogens (tertiary/aromatic N) is 4. The van der Waals surface area contributed by atoms with Crippen LogP contribution in [-0.2, 0) is 48.6 Å². The van der Waals surface area contributed by atoms with Gasteiger partial charge >= 0.3 is 11.7 Å². The lowest BCUT2D eigenvalue weighted by Crippen LogP contribution is -2.43. The summed E-state index contributed by atoms with van der Waals surface area (Å²) < 4.78 is 30.6. The molecule has 2 saturated carbocycles. The summed E-state index contributed by atoms with van der Waals surface area (Å²) in [6.45, 7) is 5.93. The third kappa shape index (κ3) is 13.6. The molecule has 2 aliphatic carbocycles. The molecule has 0 unspecified atom stereocenters. The first-order valence-electron chi connectivity index (χ1n) is 19.5. The minimum atomic E-state index is -1.00. The van der Waals surface area contributed by atoms with Crippen molar-refractivity contribution in [3.05, 3.63) is 56.7 Å². The number of aliphatic hydroxyl groups is 1. The molecule has 2 aromatic heterocycles. The minimum Gasteiger partial charge on any atom is -0.478 e. The van der Waals surface area contributed by atoms with Crippen molar-refractivity contribution in [2.45, 2.75) is 77.3 Å². The molecule has 2 heterocycles. The smallest absolute Gasteiger partial charge is 0.332 e. The van der Waals surface area contributed by atoms with Crippen LogP contribution < -0.4 is 11.2 Å². The molecule has 3 aromatic rings. The molecule has 0 amide bonds. The Balaban J connectivity index is 0.000000324. The summed E-state index contributed by atoms with van der Waals surface area (Å²) in [6.07, 6.45) is 14.1. The lowest BCUT2D eigenvalue weighted by atomic mass is 9.89. The normalized spacial score (nSPS) is 15.5. The number of fused-ring (bicyclic) bond motifs is 1. The highest BCUT2D eigenvalue weighted by Gasteiger charge is 2.25. The maximum Gasteiger partial charge on any atom is 0.332 e. The highest BCUT2D eigenvalue weighted by Crippen LogP contribution is 2.28. The van der Waals surface area contributed by atoms with Gasteiger partial charge in [-0.1, -0.05) is 62.8 Å². The van der Waals surface area contributed by atoms with Crippen molar-refractivity contribution in [2.75, 3.05) is 73.2 Å². The van der Waals surface area contributed by atoms with E-state index in [0.29, 0.717) is 101 Å². The van der Waals surface area contributed by atoms with E-state index < -0.39 is 5.97 Å².